The quantitative estimate of drug-likeness (QED) is 0.530. The van der Waals surface area contributed by atoms with Crippen molar-refractivity contribution < 1.29 is 24.2 Å². The number of carboxylic acids is 1. The van der Waals surface area contributed by atoms with Crippen LogP contribution in [0.5, 0.6) is 0 Å². The summed E-state index contributed by atoms with van der Waals surface area (Å²) >= 11 is 0. The zero-order valence-electron chi connectivity index (χ0n) is 19.5. The molecular formula is C26H32N2O5. The highest BCUT2D eigenvalue weighted by molar-refractivity contribution is 5.89. The van der Waals surface area contributed by atoms with E-state index in [1.165, 1.54) is 0 Å². The zero-order chi connectivity index (χ0) is 24.1. The molecule has 3 N–H and O–H groups in total. The molecule has 0 aliphatic heterocycles. The molecule has 0 spiro atoms. The number of ether oxygens (including phenoxy) is 1. The Kier molecular flexibility index (Phi) is 7.74. The Morgan fingerprint density at radius 2 is 1.45 bits per heavy atom. The second-order valence-corrected chi connectivity index (χ2v) is 9.22. The topological polar surface area (TPSA) is 105 Å². The fourth-order valence-corrected chi connectivity index (χ4v) is 4.26. The maximum Gasteiger partial charge on any atom is 0.407 e. The molecule has 33 heavy (non-hydrogen) atoms. The van der Waals surface area contributed by atoms with Gasteiger partial charge in [0.25, 0.3) is 0 Å². The Bertz CT molecular complexity index is 972. The van der Waals surface area contributed by atoms with Crippen molar-refractivity contribution in [1.82, 2.24) is 10.6 Å². The number of carbonyl (C=O) groups excluding carboxylic acids is 2. The minimum Gasteiger partial charge on any atom is -0.480 e. The first-order valence-electron chi connectivity index (χ1n) is 11.3. The van der Waals surface area contributed by atoms with Gasteiger partial charge in [0.2, 0.25) is 5.91 Å². The first kappa shape index (κ1) is 24.3. The summed E-state index contributed by atoms with van der Waals surface area (Å²) in [4.78, 5) is 36.9. The number of aliphatic carboxylic acids is 1. The number of alkyl carbamates (subject to hydrolysis) is 1. The molecule has 0 saturated carbocycles. The Morgan fingerprint density at radius 3 is 1.94 bits per heavy atom. The molecule has 2 atom stereocenters. The molecule has 0 fully saturated rings. The number of nitrogens with one attached hydrogen (secondary N) is 2. The number of rotatable bonds is 9. The monoisotopic (exact) mass is 452 g/mol. The van der Waals surface area contributed by atoms with E-state index in [1.54, 1.807) is 13.8 Å². The lowest BCUT2D eigenvalue weighted by Crippen LogP contribution is -2.54. The summed E-state index contributed by atoms with van der Waals surface area (Å²) in [5.41, 5.74) is 4.46. The molecule has 2 unspecified atom stereocenters. The van der Waals surface area contributed by atoms with Crippen LogP contribution in [0.3, 0.4) is 0 Å². The van der Waals surface area contributed by atoms with Crippen LogP contribution in [-0.2, 0) is 14.3 Å². The summed E-state index contributed by atoms with van der Waals surface area (Å²) in [6, 6.07) is 14.2. The van der Waals surface area contributed by atoms with Crippen LogP contribution >= 0.6 is 0 Å². The van der Waals surface area contributed by atoms with Gasteiger partial charge in [0.05, 0.1) is 0 Å². The zero-order valence-corrected chi connectivity index (χ0v) is 19.5. The average molecular weight is 453 g/mol. The number of hydrogen-bond acceptors (Lipinski definition) is 4. The maximum absolute atomic E-state index is 12.8. The van der Waals surface area contributed by atoms with Crippen molar-refractivity contribution in [1.29, 1.82) is 0 Å². The van der Waals surface area contributed by atoms with Gasteiger partial charge in [-0.3, -0.25) is 4.79 Å². The van der Waals surface area contributed by atoms with Gasteiger partial charge in [0, 0.05) is 5.92 Å². The molecule has 176 valence electrons. The second-order valence-electron chi connectivity index (χ2n) is 9.22. The van der Waals surface area contributed by atoms with E-state index in [9.17, 15) is 19.5 Å². The molecule has 3 rings (SSSR count). The van der Waals surface area contributed by atoms with Crippen LogP contribution < -0.4 is 10.6 Å². The molecule has 1 aliphatic carbocycles. The average Bonchev–Trinajstić information content (AvgIpc) is 3.08. The minimum absolute atomic E-state index is 0.0862. The highest BCUT2D eigenvalue weighted by Gasteiger charge is 2.31. The van der Waals surface area contributed by atoms with Gasteiger partial charge in [-0.25, -0.2) is 9.59 Å². The minimum atomic E-state index is -1.10. The second kappa shape index (κ2) is 10.5. The van der Waals surface area contributed by atoms with E-state index in [0.717, 1.165) is 22.3 Å². The van der Waals surface area contributed by atoms with E-state index >= 15 is 0 Å². The van der Waals surface area contributed by atoms with Gasteiger partial charge in [-0.05, 0) is 40.5 Å². The van der Waals surface area contributed by atoms with Crippen molar-refractivity contribution in [2.45, 2.75) is 52.1 Å². The van der Waals surface area contributed by atoms with Crippen LogP contribution in [0.4, 0.5) is 4.79 Å². The van der Waals surface area contributed by atoms with Crippen molar-refractivity contribution in [2.75, 3.05) is 6.61 Å². The molecule has 0 aromatic heterocycles. The van der Waals surface area contributed by atoms with Gasteiger partial charge in [-0.15, -0.1) is 0 Å². The van der Waals surface area contributed by atoms with E-state index in [4.69, 9.17) is 4.74 Å². The molecule has 2 aromatic rings. The fraction of sp³-hybridized carbons (Fsp3) is 0.423. The van der Waals surface area contributed by atoms with Crippen LogP contribution in [0.25, 0.3) is 11.1 Å². The predicted molar refractivity (Wildman–Crippen MR) is 126 cm³/mol. The standard InChI is InChI=1S/C26H32N2O5/c1-15(2)13-22(25(30)31)27-24(29)23(16(3)4)28-26(32)33-14-21-19-11-7-5-9-17(19)18-10-6-8-12-20(18)21/h5-12,15-16,21-23H,13-14H2,1-4H3,(H,27,29)(H,28,32)(H,30,31). The lowest BCUT2D eigenvalue weighted by molar-refractivity contribution is -0.142. The van der Waals surface area contributed by atoms with Crippen molar-refractivity contribution in [3.05, 3.63) is 59.7 Å². The summed E-state index contributed by atoms with van der Waals surface area (Å²) in [5.74, 6) is -1.87. The third kappa shape index (κ3) is 5.72. The lowest BCUT2D eigenvalue weighted by Gasteiger charge is -2.24. The van der Waals surface area contributed by atoms with E-state index < -0.39 is 30.1 Å². The highest BCUT2D eigenvalue weighted by atomic mass is 16.5. The molecule has 1 aliphatic rings. The summed E-state index contributed by atoms with van der Waals surface area (Å²) < 4.78 is 5.54. The molecule has 2 aromatic carbocycles. The van der Waals surface area contributed by atoms with Crippen LogP contribution in [0, 0.1) is 11.8 Å². The summed E-state index contributed by atoms with van der Waals surface area (Å²) in [7, 11) is 0. The molecule has 0 bridgehead atoms. The number of hydrogen-bond donors (Lipinski definition) is 3. The Balaban J connectivity index is 1.65. The van der Waals surface area contributed by atoms with Gasteiger partial charge in [-0.1, -0.05) is 76.2 Å². The Morgan fingerprint density at radius 1 is 0.909 bits per heavy atom. The van der Waals surface area contributed by atoms with Crippen LogP contribution in [0.15, 0.2) is 48.5 Å². The largest absolute Gasteiger partial charge is 0.480 e. The highest BCUT2D eigenvalue weighted by Crippen LogP contribution is 2.44. The number of amides is 2. The molecule has 7 nitrogen and oxygen atoms in total. The normalized spacial score (nSPS) is 14.4. The summed E-state index contributed by atoms with van der Waals surface area (Å²) in [6.07, 6.45) is -0.405. The number of carbonyl (C=O) groups is 3. The Labute approximate surface area is 194 Å². The number of carboxylic acid groups (broad SMARTS) is 1. The van der Waals surface area contributed by atoms with Crippen molar-refractivity contribution >= 4 is 18.0 Å². The molecule has 0 saturated heterocycles. The van der Waals surface area contributed by atoms with Gasteiger partial charge in [0.1, 0.15) is 18.7 Å². The van der Waals surface area contributed by atoms with Crippen molar-refractivity contribution in [2.24, 2.45) is 11.8 Å². The summed E-state index contributed by atoms with van der Waals surface area (Å²) in [5, 5.41) is 14.6. The van der Waals surface area contributed by atoms with Gasteiger partial charge in [-0.2, -0.15) is 0 Å². The van der Waals surface area contributed by atoms with E-state index in [1.807, 2.05) is 50.2 Å². The first-order valence-corrected chi connectivity index (χ1v) is 11.3. The summed E-state index contributed by atoms with van der Waals surface area (Å²) in [6.45, 7) is 7.48. The molecule has 0 heterocycles. The first-order chi connectivity index (χ1) is 15.7. The molecule has 2 amide bonds. The van der Waals surface area contributed by atoms with Crippen molar-refractivity contribution in [3.8, 4) is 11.1 Å². The number of benzene rings is 2. The third-order valence-electron chi connectivity index (χ3n) is 5.89. The van der Waals surface area contributed by atoms with Crippen LogP contribution in [-0.4, -0.2) is 41.8 Å². The third-order valence-corrected chi connectivity index (χ3v) is 5.89. The fourth-order valence-electron chi connectivity index (χ4n) is 4.26. The van der Waals surface area contributed by atoms with Crippen LogP contribution in [0.1, 0.15) is 51.2 Å². The van der Waals surface area contributed by atoms with E-state index in [0.29, 0.717) is 6.42 Å². The van der Waals surface area contributed by atoms with E-state index in [2.05, 4.69) is 22.8 Å². The van der Waals surface area contributed by atoms with Crippen molar-refractivity contribution in [3.63, 3.8) is 0 Å². The molecule has 0 radical (unpaired) electrons. The number of fused-ring (bicyclic) bond motifs is 3. The lowest BCUT2D eigenvalue weighted by atomic mass is 9.98. The van der Waals surface area contributed by atoms with Gasteiger partial charge in [0.15, 0.2) is 0 Å². The van der Waals surface area contributed by atoms with Crippen LogP contribution in [0.2, 0.25) is 0 Å². The van der Waals surface area contributed by atoms with E-state index in [-0.39, 0.29) is 24.4 Å². The maximum atomic E-state index is 12.8. The SMILES string of the molecule is CC(C)CC(NC(=O)C(NC(=O)OCC1c2ccccc2-c2ccccc21)C(C)C)C(=O)O. The van der Waals surface area contributed by atoms with Gasteiger partial charge < -0.3 is 20.5 Å². The predicted octanol–water partition coefficient (Wildman–Crippen LogP) is 4.17. The Hall–Kier alpha value is -3.35. The molecular weight excluding hydrogens is 420 g/mol. The van der Waals surface area contributed by atoms with Gasteiger partial charge >= 0.3 is 12.1 Å². The molecule has 7 heteroatoms. The smallest absolute Gasteiger partial charge is 0.407 e.